The maximum absolute atomic E-state index is 11.4. The molecule has 1 fully saturated rings. The molecule has 5 heteroatoms. The quantitative estimate of drug-likeness (QED) is 0.433. The van der Waals surface area contributed by atoms with E-state index in [0.717, 1.165) is 26.2 Å². The van der Waals surface area contributed by atoms with Crippen LogP contribution in [0.5, 0.6) is 5.75 Å². The molecule has 3 aromatic rings. The van der Waals surface area contributed by atoms with E-state index in [0.29, 0.717) is 23.9 Å². The van der Waals surface area contributed by atoms with Crippen molar-refractivity contribution in [2.24, 2.45) is 0 Å². The largest absolute Gasteiger partial charge is 0.491 e. The van der Waals surface area contributed by atoms with Gasteiger partial charge in [-0.2, -0.15) is 0 Å². The molecule has 3 aromatic carbocycles. The second-order valence-electron chi connectivity index (χ2n) is 8.91. The molecule has 4 rings (SSSR count). The summed E-state index contributed by atoms with van der Waals surface area (Å²) in [4.78, 5) is 14.4. The van der Waals surface area contributed by atoms with Gasteiger partial charge in [0, 0.05) is 16.7 Å². The Bertz CT molecular complexity index is 961. The van der Waals surface area contributed by atoms with Gasteiger partial charge in [-0.1, -0.05) is 60.7 Å². The Hall–Kier alpha value is -2.99. The van der Waals surface area contributed by atoms with E-state index in [1.165, 1.54) is 16.0 Å². The molecule has 1 aliphatic heterocycles. The average molecular weight is 447 g/mol. The van der Waals surface area contributed by atoms with Gasteiger partial charge in [0.15, 0.2) is 5.78 Å². The van der Waals surface area contributed by atoms with E-state index < -0.39 is 6.10 Å². The van der Waals surface area contributed by atoms with E-state index in [2.05, 4.69) is 60.7 Å². The van der Waals surface area contributed by atoms with Gasteiger partial charge in [-0.15, -0.1) is 0 Å². The lowest BCUT2D eigenvalue weighted by Crippen LogP contribution is -3.28. The van der Waals surface area contributed by atoms with Gasteiger partial charge in [0.25, 0.3) is 0 Å². The number of hydrogen-bond acceptors (Lipinski definition) is 3. The molecule has 0 aromatic heterocycles. The lowest BCUT2D eigenvalue weighted by molar-refractivity contribution is -1.02. The zero-order valence-electron chi connectivity index (χ0n) is 19.2. The Morgan fingerprint density at radius 1 is 0.848 bits per heavy atom. The van der Waals surface area contributed by atoms with Gasteiger partial charge in [-0.25, -0.2) is 0 Å². The Labute approximate surface area is 196 Å². The molecular formula is C28H34N2O3+2. The molecule has 33 heavy (non-hydrogen) atoms. The fraction of sp³-hybridized carbons (Fsp3) is 0.321. The summed E-state index contributed by atoms with van der Waals surface area (Å²) in [6.45, 7) is 6.65. The molecule has 3 N–H and O–H groups in total. The maximum Gasteiger partial charge on any atom is 0.159 e. The Kier molecular flexibility index (Phi) is 7.89. The van der Waals surface area contributed by atoms with Crippen molar-refractivity contribution < 1.29 is 24.4 Å². The van der Waals surface area contributed by atoms with Crippen molar-refractivity contribution in [3.05, 3.63) is 102 Å². The maximum atomic E-state index is 11.4. The van der Waals surface area contributed by atoms with Crippen molar-refractivity contribution in [3.8, 4) is 5.75 Å². The predicted molar refractivity (Wildman–Crippen MR) is 129 cm³/mol. The Balaban J connectivity index is 1.30. The van der Waals surface area contributed by atoms with Gasteiger partial charge in [0.05, 0.1) is 0 Å². The van der Waals surface area contributed by atoms with Crippen molar-refractivity contribution in [3.63, 3.8) is 0 Å². The number of ether oxygens (including phenoxy) is 1. The second-order valence-corrected chi connectivity index (χ2v) is 8.91. The molecule has 0 saturated carbocycles. The number of rotatable bonds is 9. The normalized spacial score (nSPS) is 19.2. The number of carbonyl (C=O) groups is 1. The topological polar surface area (TPSA) is 55.4 Å². The second kappa shape index (κ2) is 11.2. The number of Topliss-reactive ketones (excluding diaryl/α,β-unsaturated/α-hetero) is 1. The number of benzene rings is 3. The molecule has 1 heterocycles. The van der Waals surface area contributed by atoms with Crippen molar-refractivity contribution >= 4 is 5.78 Å². The van der Waals surface area contributed by atoms with E-state index >= 15 is 0 Å². The number of nitrogens with one attached hydrogen (secondary N) is 2. The molecule has 1 atom stereocenters. The van der Waals surface area contributed by atoms with Gasteiger partial charge >= 0.3 is 0 Å². The van der Waals surface area contributed by atoms with Crippen LogP contribution < -0.4 is 14.5 Å². The SMILES string of the molecule is CC(=O)c1ccc(OC[C@@H](O)C[NH+]2CC[NH+](C(c3ccccc3)c3ccccc3)CC2)cc1. The fourth-order valence-electron chi connectivity index (χ4n) is 4.74. The summed E-state index contributed by atoms with van der Waals surface area (Å²) in [5.74, 6) is 0.713. The number of aliphatic hydroxyl groups is 1. The standard InChI is InChI=1S/C28H32N2O3/c1-22(31)23-12-14-27(15-13-23)33-21-26(32)20-29-16-18-30(19-17-29)28(24-8-4-2-5-9-24)25-10-6-3-7-11-25/h2-15,26,28,32H,16-21H2,1H3/p+2/t26-/m0/s1. The first-order valence-electron chi connectivity index (χ1n) is 11.8. The van der Waals surface area contributed by atoms with Crippen LogP contribution in [0.1, 0.15) is 34.5 Å². The first-order valence-corrected chi connectivity index (χ1v) is 11.8. The number of aliphatic hydroxyl groups excluding tert-OH is 1. The van der Waals surface area contributed by atoms with Gasteiger partial charge < -0.3 is 19.6 Å². The zero-order chi connectivity index (χ0) is 23.0. The van der Waals surface area contributed by atoms with Crippen LogP contribution in [0.4, 0.5) is 0 Å². The van der Waals surface area contributed by atoms with Gasteiger partial charge in [-0.05, 0) is 31.2 Å². The minimum atomic E-state index is -0.520. The molecule has 1 aliphatic rings. The molecule has 0 aliphatic carbocycles. The van der Waals surface area contributed by atoms with Crippen LogP contribution in [-0.2, 0) is 0 Å². The summed E-state index contributed by atoms with van der Waals surface area (Å²) in [5.41, 5.74) is 3.37. The summed E-state index contributed by atoms with van der Waals surface area (Å²) in [6, 6.07) is 29.0. The first-order chi connectivity index (χ1) is 16.1. The lowest BCUT2D eigenvalue weighted by Gasteiger charge is -2.35. The van der Waals surface area contributed by atoms with Crippen molar-refractivity contribution in [2.45, 2.75) is 19.1 Å². The molecule has 0 bridgehead atoms. The van der Waals surface area contributed by atoms with Gasteiger partial charge in [0.2, 0.25) is 0 Å². The van der Waals surface area contributed by atoms with E-state index in [-0.39, 0.29) is 12.4 Å². The van der Waals surface area contributed by atoms with Crippen molar-refractivity contribution in [2.75, 3.05) is 39.3 Å². The number of hydrogen-bond donors (Lipinski definition) is 3. The number of piperazine rings is 1. The molecule has 0 radical (unpaired) electrons. The molecule has 172 valence electrons. The highest BCUT2D eigenvalue weighted by Gasteiger charge is 2.32. The predicted octanol–water partition coefficient (Wildman–Crippen LogP) is 1.20. The summed E-state index contributed by atoms with van der Waals surface area (Å²) >= 11 is 0. The highest BCUT2D eigenvalue weighted by molar-refractivity contribution is 5.94. The van der Waals surface area contributed by atoms with E-state index in [1.54, 1.807) is 36.1 Å². The highest BCUT2D eigenvalue weighted by Crippen LogP contribution is 2.19. The Morgan fingerprint density at radius 3 is 1.91 bits per heavy atom. The molecule has 1 saturated heterocycles. The third kappa shape index (κ3) is 6.29. The van der Waals surface area contributed by atoms with Crippen LogP contribution in [0.2, 0.25) is 0 Å². The monoisotopic (exact) mass is 446 g/mol. The summed E-state index contributed by atoms with van der Waals surface area (Å²) < 4.78 is 5.74. The fourth-order valence-corrected chi connectivity index (χ4v) is 4.74. The molecule has 5 nitrogen and oxygen atoms in total. The van der Waals surface area contributed by atoms with E-state index in [9.17, 15) is 9.90 Å². The third-order valence-corrected chi connectivity index (χ3v) is 6.50. The van der Waals surface area contributed by atoms with Gasteiger partial charge in [0.1, 0.15) is 57.2 Å². The average Bonchev–Trinajstić information content (AvgIpc) is 2.85. The molecular weight excluding hydrogens is 412 g/mol. The lowest BCUT2D eigenvalue weighted by atomic mass is 9.96. The number of quaternary nitrogens is 2. The Morgan fingerprint density at radius 2 is 1.39 bits per heavy atom. The summed E-state index contributed by atoms with van der Waals surface area (Å²) in [5, 5.41) is 10.5. The minimum Gasteiger partial charge on any atom is -0.491 e. The zero-order valence-corrected chi connectivity index (χ0v) is 19.2. The summed E-state index contributed by atoms with van der Waals surface area (Å²) in [7, 11) is 0. The molecule has 0 unspecified atom stereocenters. The molecule has 0 amide bonds. The van der Waals surface area contributed by atoms with Crippen LogP contribution in [0.25, 0.3) is 0 Å². The van der Waals surface area contributed by atoms with Crippen LogP contribution in [0.3, 0.4) is 0 Å². The van der Waals surface area contributed by atoms with E-state index in [1.807, 2.05) is 0 Å². The molecule has 0 spiro atoms. The summed E-state index contributed by atoms with van der Waals surface area (Å²) in [6.07, 6.45) is -0.520. The first kappa shape index (κ1) is 23.2. The van der Waals surface area contributed by atoms with E-state index in [4.69, 9.17) is 4.74 Å². The number of ketones is 1. The van der Waals surface area contributed by atoms with Crippen LogP contribution in [-0.4, -0.2) is 56.3 Å². The third-order valence-electron chi connectivity index (χ3n) is 6.50. The highest BCUT2D eigenvalue weighted by atomic mass is 16.5. The van der Waals surface area contributed by atoms with Crippen LogP contribution in [0.15, 0.2) is 84.9 Å². The van der Waals surface area contributed by atoms with Crippen LogP contribution >= 0.6 is 0 Å². The van der Waals surface area contributed by atoms with Gasteiger partial charge in [-0.3, -0.25) is 4.79 Å². The van der Waals surface area contributed by atoms with Crippen LogP contribution in [0, 0.1) is 0 Å². The minimum absolute atomic E-state index is 0.0354. The van der Waals surface area contributed by atoms with Crippen molar-refractivity contribution in [1.29, 1.82) is 0 Å². The number of carbonyl (C=O) groups excluding carboxylic acids is 1. The van der Waals surface area contributed by atoms with Crippen molar-refractivity contribution in [1.82, 2.24) is 0 Å². The smallest absolute Gasteiger partial charge is 0.159 e.